The summed E-state index contributed by atoms with van der Waals surface area (Å²) in [7, 11) is 1.55. The fourth-order valence-electron chi connectivity index (χ4n) is 3.23. The molecule has 0 spiro atoms. The Kier molecular flexibility index (Phi) is 8.53. The van der Waals surface area contributed by atoms with Gasteiger partial charge in [0.25, 0.3) is 5.91 Å². The molecule has 0 fully saturated rings. The van der Waals surface area contributed by atoms with Gasteiger partial charge in [0.2, 0.25) is 5.91 Å². The van der Waals surface area contributed by atoms with E-state index in [1.807, 2.05) is 30.5 Å². The van der Waals surface area contributed by atoms with Gasteiger partial charge in [-0.1, -0.05) is 35.3 Å². The van der Waals surface area contributed by atoms with Crippen LogP contribution in [0.25, 0.3) is 11.3 Å². The maximum Gasteiger partial charge on any atom is 0.255 e. The summed E-state index contributed by atoms with van der Waals surface area (Å²) in [6, 6.07) is 19.5. The minimum atomic E-state index is -0.402. The van der Waals surface area contributed by atoms with Crippen molar-refractivity contribution in [3.63, 3.8) is 0 Å². The second-order valence-corrected chi connectivity index (χ2v) is 10.7. The van der Waals surface area contributed by atoms with Gasteiger partial charge in [-0.3, -0.25) is 9.59 Å². The van der Waals surface area contributed by atoms with Gasteiger partial charge in [-0.15, -0.1) is 23.1 Å². The summed E-state index contributed by atoms with van der Waals surface area (Å²) in [5, 5.41) is 8.69. The Morgan fingerprint density at radius 2 is 1.83 bits per heavy atom. The van der Waals surface area contributed by atoms with Crippen LogP contribution in [0.4, 0.5) is 10.8 Å². The molecular weight excluding hydrogens is 537 g/mol. The highest BCUT2D eigenvalue weighted by atomic mass is 35.5. The minimum Gasteiger partial charge on any atom is -0.497 e. The molecule has 36 heavy (non-hydrogen) atoms. The van der Waals surface area contributed by atoms with Crippen molar-refractivity contribution in [2.45, 2.75) is 17.1 Å². The molecule has 0 aliphatic rings. The van der Waals surface area contributed by atoms with E-state index in [4.69, 9.17) is 27.9 Å². The number of hydrogen-bond donors (Lipinski definition) is 2. The second kappa shape index (κ2) is 11.8. The molecule has 2 amide bonds. The fourth-order valence-corrected chi connectivity index (χ4v) is 5.38. The molecule has 3 aromatic carbocycles. The topological polar surface area (TPSA) is 80.3 Å². The van der Waals surface area contributed by atoms with Crippen LogP contribution in [0.5, 0.6) is 5.75 Å². The summed E-state index contributed by atoms with van der Waals surface area (Å²) in [4.78, 5) is 30.7. The first-order chi connectivity index (χ1) is 17.3. The first-order valence-electron chi connectivity index (χ1n) is 10.8. The molecule has 4 rings (SSSR count). The Hall–Kier alpha value is -3.04. The van der Waals surface area contributed by atoms with Gasteiger partial charge in [0.05, 0.1) is 23.1 Å². The lowest BCUT2D eigenvalue weighted by molar-refractivity contribution is -0.115. The number of carbonyl (C=O) groups is 2. The number of carbonyl (C=O) groups excluding carboxylic acids is 2. The molecule has 1 aromatic heterocycles. The minimum absolute atomic E-state index is 0.186. The number of anilines is 2. The number of ether oxygens (including phenoxy) is 1. The third-order valence-corrected chi connectivity index (χ3v) is 7.45. The Labute approximate surface area is 227 Å². The SMILES string of the molecule is COc1cccc(C(=O)Nc2cccc(SC(C)C(=O)Nc3nc(-c4ccc(Cl)cc4Cl)cs3)c2)c1. The zero-order valence-electron chi connectivity index (χ0n) is 19.2. The summed E-state index contributed by atoms with van der Waals surface area (Å²) in [5.41, 5.74) is 2.53. The zero-order chi connectivity index (χ0) is 25.7. The zero-order valence-corrected chi connectivity index (χ0v) is 22.4. The monoisotopic (exact) mass is 557 g/mol. The molecule has 0 saturated heterocycles. The second-order valence-electron chi connectivity index (χ2n) is 7.63. The van der Waals surface area contributed by atoms with Gasteiger partial charge in [0.15, 0.2) is 5.13 Å². The summed E-state index contributed by atoms with van der Waals surface area (Å²) in [6.45, 7) is 1.81. The number of aromatic nitrogens is 1. The highest BCUT2D eigenvalue weighted by molar-refractivity contribution is 8.00. The van der Waals surface area contributed by atoms with E-state index in [0.717, 1.165) is 10.5 Å². The van der Waals surface area contributed by atoms with Crippen LogP contribution in [0.2, 0.25) is 10.0 Å². The maximum atomic E-state index is 12.8. The highest BCUT2D eigenvalue weighted by Gasteiger charge is 2.18. The van der Waals surface area contributed by atoms with Gasteiger partial charge in [0.1, 0.15) is 5.75 Å². The van der Waals surface area contributed by atoms with E-state index in [-0.39, 0.29) is 11.8 Å². The average molecular weight is 559 g/mol. The molecule has 2 N–H and O–H groups in total. The van der Waals surface area contributed by atoms with Gasteiger partial charge in [-0.05, 0) is 61.5 Å². The number of nitrogens with zero attached hydrogens (tertiary/aromatic N) is 1. The third kappa shape index (κ3) is 6.59. The average Bonchev–Trinajstić information content (AvgIpc) is 3.32. The van der Waals surface area contributed by atoms with E-state index >= 15 is 0 Å². The molecule has 0 bridgehead atoms. The van der Waals surface area contributed by atoms with Crippen molar-refractivity contribution in [3.8, 4) is 17.0 Å². The van der Waals surface area contributed by atoms with Crippen LogP contribution in [-0.2, 0) is 4.79 Å². The Balaban J connectivity index is 1.37. The van der Waals surface area contributed by atoms with E-state index in [1.54, 1.807) is 55.6 Å². The number of amides is 2. The van der Waals surface area contributed by atoms with Crippen LogP contribution in [0.1, 0.15) is 17.3 Å². The van der Waals surface area contributed by atoms with E-state index in [2.05, 4.69) is 15.6 Å². The number of thiazole rings is 1. The Morgan fingerprint density at radius 3 is 2.61 bits per heavy atom. The van der Waals surface area contributed by atoms with Crippen molar-refractivity contribution in [1.29, 1.82) is 0 Å². The third-order valence-electron chi connectivity index (χ3n) is 5.05. The van der Waals surface area contributed by atoms with Crippen LogP contribution in [0.3, 0.4) is 0 Å². The van der Waals surface area contributed by atoms with Crippen LogP contribution < -0.4 is 15.4 Å². The predicted octanol–water partition coefficient (Wildman–Crippen LogP) is 7.50. The molecule has 0 radical (unpaired) electrons. The van der Waals surface area contributed by atoms with Crippen molar-refractivity contribution >= 4 is 68.9 Å². The molecule has 0 aliphatic carbocycles. The van der Waals surface area contributed by atoms with Crippen molar-refractivity contribution in [3.05, 3.63) is 87.7 Å². The lowest BCUT2D eigenvalue weighted by Gasteiger charge is -2.12. The number of thioether (sulfide) groups is 1. The number of rotatable bonds is 8. The van der Waals surface area contributed by atoms with E-state index in [1.165, 1.54) is 23.1 Å². The molecule has 1 unspecified atom stereocenters. The van der Waals surface area contributed by atoms with E-state index in [0.29, 0.717) is 37.9 Å². The first kappa shape index (κ1) is 26.0. The van der Waals surface area contributed by atoms with Crippen molar-refractivity contribution in [2.24, 2.45) is 0 Å². The molecule has 0 aliphatic heterocycles. The maximum absolute atomic E-state index is 12.8. The predicted molar refractivity (Wildman–Crippen MR) is 149 cm³/mol. The molecule has 10 heteroatoms. The highest BCUT2D eigenvalue weighted by Crippen LogP contribution is 2.33. The lowest BCUT2D eigenvalue weighted by atomic mass is 10.2. The molecule has 0 saturated carbocycles. The molecular formula is C26H21Cl2N3O3S2. The van der Waals surface area contributed by atoms with Gasteiger partial charge in [-0.25, -0.2) is 4.98 Å². The number of benzene rings is 3. The van der Waals surface area contributed by atoms with Crippen molar-refractivity contribution < 1.29 is 14.3 Å². The van der Waals surface area contributed by atoms with Crippen molar-refractivity contribution in [2.75, 3.05) is 17.7 Å². The smallest absolute Gasteiger partial charge is 0.255 e. The standard InChI is InChI=1S/C26H21Cl2N3O3S2/c1-15(24(32)31-26-30-23(14-35-26)21-10-9-17(27)12-22(21)28)36-20-8-4-6-18(13-20)29-25(33)16-5-3-7-19(11-16)34-2/h3-15H,1-2H3,(H,29,33)(H,30,31,32). The fraction of sp³-hybridized carbons (Fsp3) is 0.115. The number of methoxy groups -OCH3 is 1. The summed E-state index contributed by atoms with van der Waals surface area (Å²) in [5.74, 6) is 0.173. The van der Waals surface area contributed by atoms with Gasteiger partial charge in [-0.2, -0.15) is 0 Å². The van der Waals surface area contributed by atoms with E-state index in [9.17, 15) is 9.59 Å². The van der Waals surface area contributed by atoms with Crippen LogP contribution in [0, 0.1) is 0 Å². The van der Waals surface area contributed by atoms with Gasteiger partial charge in [0, 0.05) is 32.1 Å². The van der Waals surface area contributed by atoms with E-state index < -0.39 is 5.25 Å². The summed E-state index contributed by atoms with van der Waals surface area (Å²) in [6.07, 6.45) is 0. The molecule has 184 valence electrons. The number of nitrogens with one attached hydrogen (secondary N) is 2. The van der Waals surface area contributed by atoms with Gasteiger partial charge >= 0.3 is 0 Å². The molecule has 1 atom stereocenters. The molecule has 1 heterocycles. The number of hydrogen-bond acceptors (Lipinski definition) is 6. The lowest BCUT2D eigenvalue weighted by Crippen LogP contribution is -2.22. The summed E-state index contributed by atoms with van der Waals surface area (Å²) >= 11 is 14.9. The Morgan fingerprint density at radius 1 is 1.03 bits per heavy atom. The quantitative estimate of drug-likeness (QED) is 0.219. The molecule has 6 nitrogen and oxygen atoms in total. The Bertz CT molecular complexity index is 1410. The summed E-state index contributed by atoms with van der Waals surface area (Å²) < 4.78 is 5.18. The normalized spacial score (nSPS) is 11.6. The number of halogens is 2. The largest absolute Gasteiger partial charge is 0.497 e. The molecule has 4 aromatic rings. The van der Waals surface area contributed by atoms with Crippen molar-refractivity contribution in [1.82, 2.24) is 4.98 Å². The first-order valence-corrected chi connectivity index (χ1v) is 13.3. The van der Waals surface area contributed by atoms with Gasteiger partial charge < -0.3 is 15.4 Å². The van der Waals surface area contributed by atoms with Crippen LogP contribution >= 0.6 is 46.3 Å². The van der Waals surface area contributed by atoms with Crippen LogP contribution in [-0.4, -0.2) is 29.2 Å². The van der Waals surface area contributed by atoms with Crippen LogP contribution in [0.15, 0.2) is 77.0 Å².